The quantitative estimate of drug-likeness (QED) is 0.744. The summed E-state index contributed by atoms with van der Waals surface area (Å²) < 4.78 is 4.93. The number of carbonyl (C=O) groups excluding carboxylic acids is 1. The Morgan fingerprint density at radius 2 is 2.04 bits per heavy atom. The third-order valence-electron chi connectivity index (χ3n) is 3.56. The molecule has 3 rings (SSSR count). The predicted molar refractivity (Wildman–Crippen MR) is 94.4 cm³/mol. The second kappa shape index (κ2) is 7.57. The van der Waals surface area contributed by atoms with Crippen molar-refractivity contribution in [1.29, 1.82) is 0 Å². The number of hydrogen-bond acceptors (Lipinski definition) is 6. The molecule has 0 saturated heterocycles. The normalized spacial score (nSPS) is 10.5. The lowest BCUT2D eigenvalue weighted by Gasteiger charge is -2.17. The van der Waals surface area contributed by atoms with Gasteiger partial charge in [-0.1, -0.05) is 35.5 Å². The Hall–Kier alpha value is -3.22. The molecule has 2 heterocycles. The highest BCUT2D eigenvalue weighted by molar-refractivity contribution is 5.93. The van der Waals surface area contributed by atoms with E-state index in [1.54, 1.807) is 30.2 Å². The zero-order chi connectivity index (χ0) is 17.6. The Bertz CT molecular complexity index is 847. The number of hydrogen-bond donors (Lipinski definition) is 1. The number of benzene rings is 1. The number of nitrogens with zero attached hydrogens (tertiary/aromatic N) is 4. The van der Waals surface area contributed by atoms with Gasteiger partial charge in [-0.2, -0.15) is 0 Å². The van der Waals surface area contributed by atoms with E-state index >= 15 is 0 Å². The SMILES string of the molecule is Cc1cc(NC(=O)CN(C)c2ccnc(Cc3ccccc3)n2)no1. The fraction of sp³-hybridized carbons (Fsp3) is 0.222. The predicted octanol–water partition coefficient (Wildman–Crippen LogP) is 2.44. The molecule has 2 aromatic heterocycles. The van der Waals surface area contributed by atoms with Crippen LogP contribution in [0.25, 0.3) is 0 Å². The molecule has 0 radical (unpaired) electrons. The molecule has 1 aromatic carbocycles. The molecule has 25 heavy (non-hydrogen) atoms. The number of carbonyl (C=O) groups is 1. The Labute approximate surface area is 145 Å². The number of rotatable bonds is 6. The van der Waals surface area contributed by atoms with Gasteiger partial charge < -0.3 is 14.7 Å². The molecule has 0 unspecified atom stereocenters. The maximum absolute atomic E-state index is 12.1. The molecule has 128 valence electrons. The third kappa shape index (κ3) is 4.63. The van der Waals surface area contributed by atoms with Gasteiger partial charge in [0, 0.05) is 25.7 Å². The molecule has 3 aromatic rings. The average molecular weight is 337 g/mol. The first-order valence-corrected chi connectivity index (χ1v) is 7.90. The minimum absolute atomic E-state index is 0.147. The lowest BCUT2D eigenvalue weighted by Crippen LogP contribution is -2.30. The summed E-state index contributed by atoms with van der Waals surface area (Å²) in [6, 6.07) is 13.5. The van der Waals surface area contributed by atoms with Crippen LogP contribution in [0.5, 0.6) is 0 Å². The number of likely N-dealkylation sites (N-methyl/N-ethyl adjacent to an activating group) is 1. The monoisotopic (exact) mass is 337 g/mol. The zero-order valence-corrected chi connectivity index (χ0v) is 14.1. The van der Waals surface area contributed by atoms with E-state index in [0.717, 1.165) is 5.56 Å². The van der Waals surface area contributed by atoms with Crippen LogP contribution < -0.4 is 10.2 Å². The summed E-state index contributed by atoms with van der Waals surface area (Å²) in [7, 11) is 1.81. The maximum Gasteiger partial charge on any atom is 0.245 e. The largest absolute Gasteiger partial charge is 0.360 e. The van der Waals surface area contributed by atoms with Crippen LogP contribution in [0.3, 0.4) is 0 Å². The standard InChI is InChI=1S/C18H19N5O2/c1-13-10-16(22-25-13)21-18(24)12-23(2)17-8-9-19-15(20-17)11-14-6-4-3-5-7-14/h3-10H,11-12H2,1-2H3,(H,21,22,24). The smallest absolute Gasteiger partial charge is 0.245 e. The molecule has 0 aliphatic heterocycles. The van der Waals surface area contributed by atoms with E-state index < -0.39 is 0 Å². The van der Waals surface area contributed by atoms with E-state index in [9.17, 15) is 4.79 Å². The summed E-state index contributed by atoms with van der Waals surface area (Å²) in [5, 5.41) is 6.43. The van der Waals surface area contributed by atoms with Gasteiger partial charge in [-0.05, 0) is 18.6 Å². The van der Waals surface area contributed by atoms with Crippen molar-refractivity contribution < 1.29 is 9.32 Å². The number of aromatic nitrogens is 3. The molecule has 0 spiro atoms. The Morgan fingerprint density at radius 1 is 1.24 bits per heavy atom. The van der Waals surface area contributed by atoms with Crippen molar-refractivity contribution in [1.82, 2.24) is 15.1 Å². The van der Waals surface area contributed by atoms with Gasteiger partial charge in [0.1, 0.15) is 17.4 Å². The zero-order valence-electron chi connectivity index (χ0n) is 14.1. The van der Waals surface area contributed by atoms with E-state index in [1.165, 1.54) is 0 Å². The second-order valence-electron chi connectivity index (χ2n) is 5.72. The first kappa shape index (κ1) is 16.6. The minimum Gasteiger partial charge on any atom is -0.360 e. The van der Waals surface area contributed by atoms with Crippen molar-refractivity contribution in [3.8, 4) is 0 Å². The third-order valence-corrected chi connectivity index (χ3v) is 3.56. The highest BCUT2D eigenvalue weighted by Crippen LogP contribution is 2.12. The maximum atomic E-state index is 12.1. The van der Waals surface area contributed by atoms with Crippen LogP contribution in [0.15, 0.2) is 53.2 Å². The number of nitrogens with one attached hydrogen (secondary N) is 1. The number of anilines is 2. The Morgan fingerprint density at radius 3 is 2.76 bits per heavy atom. The molecular weight excluding hydrogens is 318 g/mol. The van der Waals surface area contributed by atoms with Crippen molar-refractivity contribution in [3.05, 3.63) is 65.8 Å². The van der Waals surface area contributed by atoms with Gasteiger partial charge >= 0.3 is 0 Å². The molecule has 0 bridgehead atoms. The van der Waals surface area contributed by atoms with Gasteiger partial charge in [-0.15, -0.1) is 0 Å². The summed E-state index contributed by atoms with van der Waals surface area (Å²) in [4.78, 5) is 22.7. The first-order valence-electron chi connectivity index (χ1n) is 7.90. The summed E-state index contributed by atoms with van der Waals surface area (Å²) >= 11 is 0. The molecule has 1 amide bonds. The van der Waals surface area contributed by atoms with Gasteiger partial charge in [0.15, 0.2) is 5.82 Å². The van der Waals surface area contributed by atoms with E-state index in [4.69, 9.17) is 4.52 Å². The molecular formula is C18H19N5O2. The molecule has 0 atom stereocenters. The average Bonchev–Trinajstić information content (AvgIpc) is 3.00. The van der Waals surface area contributed by atoms with Gasteiger partial charge in [0.05, 0.1) is 6.54 Å². The van der Waals surface area contributed by atoms with Gasteiger partial charge in [0.2, 0.25) is 5.91 Å². The van der Waals surface area contributed by atoms with Crippen LogP contribution in [-0.2, 0) is 11.2 Å². The van der Waals surface area contributed by atoms with Crippen LogP contribution in [0.1, 0.15) is 17.1 Å². The lowest BCUT2D eigenvalue weighted by molar-refractivity contribution is -0.115. The summed E-state index contributed by atoms with van der Waals surface area (Å²) in [6.45, 7) is 1.91. The van der Waals surface area contributed by atoms with E-state index in [2.05, 4.69) is 20.4 Å². The second-order valence-corrected chi connectivity index (χ2v) is 5.72. The summed E-state index contributed by atoms with van der Waals surface area (Å²) in [6.07, 6.45) is 2.35. The van der Waals surface area contributed by atoms with Crippen molar-refractivity contribution in [2.45, 2.75) is 13.3 Å². The van der Waals surface area contributed by atoms with Crippen LogP contribution in [-0.4, -0.2) is 34.6 Å². The first-order chi connectivity index (χ1) is 12.1. The molecule has 0 aliphatic rings. The van der Waals surface area contributed by atoms with Crippen molar-refractivity contribution in [2.24, 2.45) is 0 Å². The van der Waals surface area contributed by atoms with E-state index in [0.29, 0.717) is 29.6 Å². The number of aryl methyl sites for hydroxylation is 1. The van der Waals surface area contributed by atoms with Crippen molar-refractivity contribution in [3.63, 3.8) is 0 Å². The fourth-order valence-corrected chi connectivity index (χ4v) is 2.37. The summed E-state index contributed by atoms with van der Waals surface area (Å²) in [5.74, 6) is 2.25. The molecule has 7 nitrogen and oxygen atoms in total. The number of amides is 1. The molecule has 7 heteroatoms. The van der Waals surface area contributed by atoms with Crippen LogP contribution in [0, 0.1) is 6.92 Å². The van der Waals surface area contributed by atoms with Gasteiger partial charge in [-0.3, -0.25) is 4.79 Å². The van der Waals surface area contributed by atoms with Gasteiger partial charge in [0.25, 0.3) is 0 Å². The molecule has 0 fully saturated rings. The molecule has 0 aliphatic carbocycles. The Balaban J connectivity index is 1.62. The van der Waals surface area contributed by atoms with Crippen molar-refractivity contribution in [2.75, 3.05) is 23.8 Å². The minimum atomic E-state index is -0.195. The molecule has 1 N–H and O–H groups in total. The van der Waals surface area contributed by atoms with Crippen LogP contribution in [0.2, 0.25) is 0 Å². The Kier molecular flexibility index (Phi) is 5.03. The van der Waals surface area contributed by atoms with Crippen LogP contribution in [0.4, 0.5) is 11.6 Å². The van der Waals surface area contributed by atoms with E-state index in [-0.39, 0.29) is 12.5 Å². The molecule has 0 saturated carbocycles. The van der Waals surface area contributed by atoms with E-state index in [1.807, 2.05) is 37.4 Å². The topological polar surface area (TPSA) is 84.2 Å². The fourth-order valence-electron chi connectivity index (χ4n) is 2.37. The highest BCUT2D eigenvalue weighted by atomic mass is 16.5. The van der Waals surface area contributed by atoms with Crippen LogP contribution >= 0.6 is 0 Å². The van der Waals surface area contributed by atoms with Crippen molar-refractivity contribution >= 4 is 17.5 Å². The van der Waals surface area contributed by atoms with Gasteiger partial charge in [-0.25, -0.2) is 9.97 Å². The summed E-state index contributed by atoms with van der Waals surface area (Å²) in [5.41, 5.74) is 1.14. The lowest BCUT2D eigenvalue weighted by atomic mass is 10.1. The highest BCUT2D eigenvalue weighted by Gasteiger charge is 2.12.